The number of hydrazone groups is 1. The highest BCUT2D eigenvalue weighted by Crippen LogP contribution is 2.22. The number of carbonyl (C=O) groups excluding carboxylic acids is 2. The zero-order valence-electron chi connectivity index (χ0n) is 14.3. The van der Waals surface area contributed by atoms with E-state index in [2.05, 4.69) is 15.8 Å². The maximum absolute atomic E-state index is 12.8. The van der Waals surface area contributed by atoms with Crippen molar-refractivity contribution in [2.45, 2.75) is 6.92 Å². The van der Waals surface area contributed by atoms with Crippen LogP contribution in [0.15, 0.2) is 47.6 Å². The van der Waals surface area contributed by atoms with E-state index in [1.54, 1.807) is 18.2 Å². The molecule has 7 nitrogen and oxygen atoms in total. The summed E-state index contributed by atoms with van der Waals surface area (Å²) in [6, 6.07) is 10.2. The number of halogens is 1. The first-order valence-electron chi connectivity index (χ1n) is 7.74. The average Bonchev–Trinajstić information content (AvgIpc) is 2.64. The van der Waals surface area contributed by atoms with Crippen LogP contribution in [0.25, 0.3) is 0 Å². The van der Waals surface area contributed by atoms with E-state index >= 15 is 0 Å². The van der Waals surface area contributed by atoms with Gasteiger partial charge in [0.1, 0.15) is 17.3 Å². The fourth-order valence-electron chi connectivity index (χ4n) is 2.00. The molecule has 0 atom stereocenters. The van der Waals surface area contributed by atoms with Crippen molar-refractivity contribution in [1.82, 2.24) is 5.43 Å². The van der Waals surface area contributed by atoms with Gasteiger partial charge in [0.25, 0.3) is 0 Å². The quantitative estimate of drug-likeness (QED) is 0.471. The maximum atomic E-state index is 12.8. The molecule has 8 heteroatoms. The molecule has 26 heavy (non-hydrogen) atoms. The number of hydrogen-bond donors (Lipinski definition) is 2. The fraction of sp³-hybridized carbons (Fsp3) is 0.167. The molecule has 0 aromatic heterocycles. The summed E-state index contributed by atoms with van der Waals surface area (Å²) < 4.78 is 23.4. The van der Waals surface area contributed by atoms with Gasteiger partial charge in [-0.3, -0.25) is 9.59 Å². The summed E-state index contributed by atoms with van der Waals surface area (Å²) in [6.07, 6.45) is 1.34. The SMILES string of the molecule is CCOc1ccc(OC)c(/C=N/NC(=O)C(=O)Nc2ccc(F)cc2)c1. The van der Waals surface area contributed by atoms with Gasteiger partial charge in [0.05, 0.1) is 19.9 Å². The zero-order valence-corrected chi connectivity index (χ0v) is 14.3. The Bertz CT molecular complexity index is 807. The van der Waals surface area contributed by atoms with Gasteiger partial charge in [-0.2, -0.15) is 5.10 Å². The Morgan fingerprint density at radius 1 is 1.15 bits per heavy atom. The third-order valence-electron chi connectivity index (χ3n) is 3.19. The highest BCUT2D eigenvalue weighted by atomic mass is 19.1. The molecule has 2 aromatic carbocycles. The molecule has 0 bridgehead atoms. The number of anilines is 1. The Kier molecular flexibility index (Phi) is 6.67. The molecule has 136 valence electrons. The normalized spacial score (nSPS) is 10.4. The van der Waals surface area contributed by atoms with Crippen molar-refractivity contribution in [3.8, 4) is 11.5 Å². The molecular weight excluding hydrogens is 341 g/mol. The minimum Gasteiger partial charge on any atom is -0.496 e. The number of ether oxygens (including phenoxy) is 2. The van der Waals surface area contributed by atoms with Gasteiger partial charge >= 0.3 is 11.8 Å². The van der Waals surface area contributed by atoms with Crippen molar-refractivity contribution in [2.24, 2.45) is 5.10 Å². The molecule has 0 radical (unpaired) electrons. The van der Waals surface area contributed by atoms with Crippen LogP contribution in [0.1, 0.15) is 12.5 Å². The monoisotopic (exact) mass is 359 g/mol. The lowest BCUT2D eigenvalue weighted by Gasteiger charge is -2.08. The number of hydrogen-bond acceptors (Lipinski definition) is 5. The van der Waals surface area contributed by atoms with Gasteiger partial charge in [0.2, 0.25) is 0 Å². The molecule has 0 aliphatic carbocycles. The third-order valence-corrected chi connectivity index (χ3v) is 3.19. The van der Waals surface area contributed by atoms with Crippen LogP contribution in [0.2, 0.25) is 0 Å². The number of nitrogens with zero attached hydrogens (tertiary/aromatic N) is 1. The van der Waals surface area contributed by atoms with Crippen LogP contribution in [-0.2, 0) is 9.59 Å². The van der Waals surface area contributed by atoms with Crippen LogP contribution >= 0.6 is 0 Å². The first kappa shape index (κ1) is 18.9. The van der Waals surface area contributed by atoms with Crippen LogP contribution in [0.4, 0.5) is 10.1 Å². The molecule has 0 unspecified atom stereocenters. The lowest BCUT2D eigenvalue weighted by atomic mass is 10.2. The predicted molar refractivity (Wildman–Crippen MR) is 94.9 cm³/mol. The van der Waals surface area contributed by atoms with Crippen molar-refractivity contribution in [1.29, 1.82) is 0 Å². The molecule has 0 spiro atoms. The molecule has 0 fully saturated rings. The standard InChI is InChI=1S/C18H18FN3O4/c1-3-26-15-8-9-16(25-2)12(10-15)11-20-22-18(24)17(23)21-14-6-4-13(19)5-7-14/h4-11H,3H2,1-2H3,(H,21,23)(H,22,24)/b20-11+. The molecule has 2 rings (SSSR count). The molecule has 0 saturated heterocycles. The molecule has 2 amide bonds. The highest BCUT2D eigenvalue weighted by Gasteiger charge is 2.13. The van der Waals surface area contributed by atoms with Gasteiger partial charge in [-0.1, -0.05) is 0 Å². The second kappa shape index (κ2) is 9.16. The van der Waals surface area contributed by atoms with E-state index in [0.717, 1.165) is 0 Å². The smallest absolute Gasteiger partial charge is 0.329 e. The average molecular weight is 359 g/mol. The number of carbonyl (C=O) groups is 2. The van der Waals surface area contributed by atoms with E-state index in [1.165, 1.54) is 37.6 Å². The first-order chi connectivity index (χ1) is 12.5. The molecule has 0 heterocycles. The summed E-state index contributed by atoms with van der Waals surface area (Å²) in [7, 11) is 1.50. The van der Waals surface area contributed by atoms with E-state index in [9.17, 15) is 14.0 Å². The largest absolute Gasteiger partial charge is 0.496 e. The first-order valence-corrected chi connectivity index (χ1v) is 7.74. The van der Waals surface area contributed by atoms with Crippen LogP contribution in [-0.4, -0.2) is 31.7 Å². The van der Waals surface area contributed by atoms with Crippen molar-refractivity contribution >= 4 is 23.7 Å². The van der Waals surface area contributed by atoms with Crippen LogP contribution in [0, 0.1) is 5.82 Å². The maximum Gasteiger partial charge on any atom is 0.329 e. The number of benzene rings is 2. The molecule has 2 aromatic rings. The molecular formula is C18H18FN3O4. The predicted octanol–water partition coefficient (Wildman–Crippen LogP) is 2.32. The van der Waals surface area contributed by atoms with Crippen LogP contribution in [0.5, 0.6) is 11.5 Å². The summed E-state index contributed by atoms with van der Waals surface area (Å²) in [5, 5.41) is 6.08. The summed E-state index contributed by atoms with van der Waals surface area (Å²) >= 11 is 0. The van der Waals surface area contributed by atoms with Crippen molar-refractivity contribution in [3.63, 3.8) is 0 Å². The Morgan fingerprint density at radius 2 is 1.88 bits per heavy atom. The van der Waals surface area contributed by atoms with Crippen molar-refractivity contribution in [2.75, 3.05) is 19.0 Å². The highest BCUT2D eigenvalue weighted by molar-refractivity contribution is 6.39. The second-order valence-electron chi connectivity index (χ2n) is 5.00. The Balaban J connectivity index is 1.98. The van der Waals surface area contributed by atoms with E-state index in [1.807, 2.05) is 6.92 Å². The molecule has 0 aliphatic rings. The van der Waals surface area contributed by atoms with E-state index in [0.29, 0.717) is 29.4 Å². The number of amides is 2. The Hall–Kier alpha value is -3.42. The lowest BCUT2D eigenvalue weighted by molar-refractivity contribution is -0.136. The van der Waals surface area contributed by atoms with E-state index in [-0.39, 0.29) is 0 Å². The van der Waals surface area contributed by atoms with Crippen LogP contribution in [0.3, 0.4) is 0 Å². The fourth-order valence-corrected chi connectivity index (χ4v) is 2.00. The molecule has 0 aliphatic heterocycles. The lowest BCUT2D eigenvalue weighted by Crippen LogP contribution is -2.32. The molecule has 2 N–H and O–H groups in total. The van der Waals surface area contributed by atoms with Gasteiger partial charge in [-0.15, -0.1) is 0 Å². The third kappa shape index (κ3) is 5.30. The summed E-state index contributed by atoms with van der Waals surface area (Å²) in [5.74, 6) is -1.19. The van der Waals surface area contributed by atoms with Gasteiger partial charge < -0.3 is 14.8 Å². The van der Waals surface area contributed by atoms with E-state index in [4.69, 9.17) is 9.47 Å². The Labute approximate surface area is 149 Å². The zero-order chi connectivity index (χ0) is 18.9. The summed E-state index contributed by atoms with van der Waals surface area (Å²) in [6.45, 7) is 2.36. The summed E-state index contributed by atoms with van der Waals surface area (Å²) in [4.78, 5) is 23.5. The van der Waals surface area contributed by atoms with Gasteiger partial charge in [0.15, 0.2) is 0 Å². The summed E-state index contributed by atoms with van der Waals surface area (Å²) in [5.41, 5.74) is 2.97. The van der Waals surface area contributed by atoms with Gasteiger partial charge in [0, 0.05) is 11.3 Å². The molecule has 0 saturated carbocycles. The van der Waals surface area contributed by atoms with Crippen molar-refractivity contribution < 1.29 is 23.5 Å². The van der Waals surface area contributed by atoms with Gasteiger partial charge in [-0.25, -0.2) is 9.82 Å². The van der Waals surface area contributed by atoms with Gasteiger partial charge in [-0.05, 0) is 49.4 Å². The minimum absolute atomic E-state index is 0.293. The van der Waals surface area contributed by atoms with Crippen molar-refractivity contribution in [3.05, 3.63) is 53.8 Å². The second-order valence-corrected chi connectivity index (χ2v) is 5.00. The minimum atomic E-state index is -0.967. The van der Waals surface area contributed by atoms with E-state index < -0.39 is 17.6 Å². The van der Waals surface area contributed by atoms with Crippen LogP contribution < -0.4 is 20.2 Å². The number of rotatable bonds is 6. The number of methoxy groups -OCH3 is 1. The topological polar surface area (TPSA) is 89.0 Å². The number of nitrogens with one attached hydrogen (secondary N) is 2. The Morgan fingerprint density at radius 3 is 2.54 bits per heavy atom.